The Hall–Kier alpha value is -1.79. The summed E-state index contributed by atoms with van der Waals surface area (Å²) in [6.07, 6.45) is 11.3. The molecule has 3 saturated carbocycles. The average molecular weight is 472 g/mol. The van der Waals surface area contributed by atoms with Crippen LogP contribution in [0.4, 0.5) is 0 Å². The normalized spacial score (nSPS) is 26.2. The lowest BCUT2D eigenvalue weighted by molar-refractivity contribution is -0.137. The molecule has 0 radical (unpaired) electrons. The third kappa shape index (κ3) is 4.62. The smallest absolute Gasteiger partial charge is 0.303 e. The highest BCUT2D eigenvalue weighted by Gasteiger charge is 2.57. The summed E-state index contributed by atoms with van der Waals surface area (Å²) in [5, 5.41) is 13.4. The minimum atomic E-state index is -0.735. The monoisotopic (exact) mass is 471 g/mol. The van der Waals surface area contributed by atoms with Crippen LogP contribution in [0.5, 0.6) is 0 Å². The molecule has 2 N–H and O–H groups in total. The molecule has 1 unspecified atom stereocenters. The fourth-order valence-corrected chi connectivity index (χ4v) is 7.48. The van der Waals surface area contributed by atoms with Gasteiger partial charge in [0.15, 0.2) is 0 Å². The SMILES string of the molecule is CSc1cc2cccc(C(=O)NC3C[C@@H]4C[C@H]([C@H]3CC=CCCCC(=O)O)C4(C)C)c2s1. The fraction of sp³-hybridized carbons (Fsp3) is 0.538. The number of carboxylic acid groups (broad SMARTS) is 1. The number of carbonyl (C=O) groups excluding carboxylic acids is 1. The molecule has 6 heteroatoms. The van der Waals surface area contributed by atoms with Crippen LogP contribution in [0.25, 0.3) is 10.1 Å². The van der Waals surface area contributed by atoms with Crippen molar-refractivity contribution in [2.24, 2.45) is 23.2 Å². The third-order valence-corrected chi connectivity index (χ3v) is 9.99. The maximum Gasteiger partial charge on any atom is 0.303 e. The molecule has 1 aromatic heterocycles. The van der Waals surface area contributed by atoms with Gasteiger partial charge in [0.25, 0.3) is 5.91 Å². The van der Waals surface area contributed by atoms with E-state index in [4.69, 9.17) is 5.11 Å². The van der Waals surface area contributed by atoms with Crippen LogP contribution in [0.2, 0.25) is 0 Å². The van der Waals surface area contributed by atoms with Gasteiger partial charge in [0.2, 0.25) is 0 Å². The van der Waals surface area contributed by atoms with E-state index in [-0.39, 0.29) is 18.4 Å². The van der Waals surface area contributed by atoms with E-state index in [1.807, 2.05) is 12.1 Å². The number of hydrogen-bond donors (Lipinski definition) is 2. The number of unbranched alkanes of at least 4 members (excludes halogenated alkanes) is 1. The summed E-state index contributed by atoms with van der Waals surface area (Å²) in [6, 6.07) is 8.37. The van der Waals surface area contributed by atoms with Crippen LogP contribution in [0, 0.1) is 23.2 Å². The number of carboxylic acids is 1. The van der Waals surface area contributed by atoms with E-state index in [1.54, 1.807) is 23.1 Å². The van der Waals surface area contributed by atoms with Gasteiger partial charge in [-0.3, -0.25) is 9.59 Å². The number of nitrogens with one attached hydrogen (secondary N) is 1. The van der Waals surface area contributed by atoms with Gasteiger partial charge in [-0.15, -0.1) is 23.1 Å². The summed E-state index contributed by atoms with van der Waals surface area (Å²) in [5.41, 5.74) is 1.12. The molecule has 0 aliphatic heterocycles. The van der Waals surface area contributed by atoms with Gasteiger partial charge < -0.3 is 10.4 Å². The standard InChI is InChI=1S/C26H33NO3S2/c1-26(2)17-14-20(26)18(10-6-4-5-7-12-22(28)29)21(15-17)27-25(30)19-11-8-9-16-13-23(31-3)32-24(16)19/h4,6,8-9,11,13,17-18,20-21H,5,7,10,12,14-15H2,1-3H3,(H,27,30)(H,28,29)/t17-,18+,20+,21?/m0/s1. The number of benzene rings is 1. The van der Waals surface area contributed by atoms with Crippen LogP contribution in [0.15, 0.2) is 40.6 Å². The Morgan fingerprint density at radius 1 is 1.28 bits per heavy atom. The van der Waals surface area contributed by atoms with Crippen molar-refractivity contribution >= 4 is 45.1 Å². The number of allylic oxidation sites excluding steroid dienone is 2. The number of thiophene rings is 1. The number of aliphatic carboxylic acids is 1. The third-order valence-electron chi connectivity index (χ3n) is 7.74. The second-order valence-electron chi connectivity index (χ2n) is 9.83. The Bertz CT molecular complexity index is 1030. The van der Waals surface area contributed by atoms with E-state index in [0.717, 1.165) is 34.9 Å². The lowest BCUT2D eigenvalue weighted by Gasteiger charge is -2.62. The van der Waals surface area contributed by atoms with Gasteiger partial charge in [0.05, 0.1) is 9.77 Å². The zero-order valence-electron chi connectivity index (χ0n) is 19.1. The van der Waals surface area contributed by atoms with Crippen molar-refractivity contribution in [3.63, 3.8) is 0 Å². The van der Waals surface area contributed by atoms with Crippen molar-refractivity contribution in [1.29, 1.82) is 0 Å². The summed E-state index contributed by atoms with van der Waals surface area (Å²) in [4.78, 5) is 24.0. The zero-order chi connectivity index (χ0) is 22.9. The van der Waals surface area contributed by atoms with Crippen LogP contribution in [0.1, 0.15) is 62.7 Å². The fourth-order valence-electron chi connectivity index (χ4n) is 5.75. The molecule has 2 bridgehead atoms. The van der Waals surface area contributed by atoms with Gasteiger partial charge in [-0.2, -0.15) is 0 Å². The molecule has 32 heavy (non-hydrogen) atoms. The van der Waals surface area contributed by atoms with E-state index >= 15 is 0 Å². The predicted octanol–water partition coefficient (Wildman–Crippen LogP) is 6.61. The largest absolute Gasteiger partial charge is 0.481 e. The molecule has 2 aromatic rings. The quantitative estimate of drug-likeness (QED) is 0.245. The van der Waals surface area contributed by atoms with Crippen LogP contribution < -0.4 is 5.32 Å². The highest BCUT2D eigenvalue weighted by atomic mass is 32.2. The molecule has 0 spiro atoms. The van der Waals surface area contributed by atoms with Gasteiger partial charge in [-0.25, -0.2) is 0 Å². The van der Waals surface area contributed by atoms with E-state index < -0.39 is 5.97 Å². The van der Waals surface area contributed by atoms with Crippen LogP contribution in [-0.2, 0) is 4.79 Å². The molecule has 3 fully saturated rings. The predicted molar refractivity (Wildman–Crippen MR) is 134 cm³/mol. The Kier molecular flexibility index (Phi) is 7.01. The van der Waals surface area contributed by atoms with Crippen molar-refractivity contribution in [2.45, 2.75) is 62.6 Å². The van der Waals surface area contributed by atoms with Gasteiger partial charge in [0.1, 0.15) is 0 Å². The van der Waals surface area contributed by atoms with E-state index in [0.29, 0.717) is 29.6 Å². The van der Waals surface area contributed by atoms with Gasteiger partial charge in [-0.1, -0.05) is 38.1 Å². The lowest BCUT2D eigenvalue weighted by atomic mass is 9.44. The number of rotatable bonds is 9. The maximum absolute atomic E-state index is 13.3. The molecule has 1 aromatic carbocycles. The average Bonchev–Trinajstić information content (AvgIpc) is 3.19. The van der Waals surface area contributed by atoms with Crippen LogP contribution >= 0.6 is 23.1 Å². The molecule has 1 heterocycles. The first-order valence-electron chi connectivity index (χ1n) is 11.6. The molecule has 3 aliphatic rings. The first kappa shape index (κ1) is 23.4. The lowest BCUT2D eigenvalue weighted by Crippen LogP contribution is -2.61. The molecular weight excluding hydrogens is 438 g/mol. The Morgan fingerprint density at radius 2 is 2.09 bits per heavy atom. The number of carbonyl (C=O) groups is 2. The Labute approximate surface area is 198 Å². The number of fused-ring (bicyclic) bond motifs is 3. The van der Waals surface area contributed by atoms with E-state index in [1.165, 1.54) is 10.6 Å². The highest BCUT2D eigenvalue weighted by molar-refractivity contribution is 8.00. The first-order valence-corrected chi connectivity index (χ1v) is 13.6. The van der Waals surface area contributed by atoms with E-state index in [9.17, 15) is 9.59 Å². The van der Waals surface area contributed by atoms with Gasteiger partial charge in [-0.05, 0) is 79.0 Å². The second kappa shape index (κ2) is 9.60. The minimum Gasteiger partial charge on any atom is -0.481 e. The van der Waals surface area contributed by atoms with Crippen molar-refractivity contribution in [3.8, 4) is 0 Å². The van der Waals surface area contributed by atoms with Crippen molar-refractivity contribution < 1.29 is 14.7 Å². The first-order chi connectivity index (χ1) is 15.3. The molecule has 0 saturated heterocycles. The summed E-state index contributed by atoms with van der Waals surface area (Å²) in [5.74, 6) is 1.04. The number of hydrogen-bond acceptors (Lipinski definition) is 4. The summed E-state index contributed by atoms with van der Waals surface area (Å²) >= 11 is 3.42. The van der Waals surface area contributed by atoms with Crippen LogP contribution in [0.3, 0.4) is 0 Å². The van der Waals surface area contributed by atoms with E-state index in [2.05, 4.69) is 49.7 Å². The van der Waals surface area contributed by atoms with Crippen LogP contribution in [-0.4, -0.2) is 29.3 Å². The molecule has 5 rings (SSSR count). The van der Waals surface area contributed by atoms with Crippen molar-refractivity contribution in [2.75, 3.05) is 6.26 Å². The molecule has 172 valence electrons. The van der Waals surface area contributed by atoms with Gasteiger partial charge >= 0.3 is 5.97 Å². The molecule has 4 atom stereocenters. The van der Waals surface area contributed by atoms with Crippen molar-refractivity contribution in [1.82, 2.24) is 5.32 Å². The summed E-state index contributed by atoms with van der Waals surface area (Å²) in [7, 11) is 0. The van der Waals surface area contributed by atoms with Crippen molar-refractivity contribution in [3.05, 3.63) is 42.0 Å². The Balaban J connectivity index is 1.46. The topological polar surface area (TPSA) is 66.4 Å². The zero-order valence-corrected chi connectivity index (χ0v) is 20.7. The minimum absolute atomic E-state index is 0.0460. The number of amides is 1. The summed E-state index contributed by atoms with van der Waals surface area (Å²) in [6.45, 7) is 4.76. The molecule has 1 amide bonds. The molecular formula is C26H33NO3S2. The molecule has 4 nitrogen and oxygen atoms in total. The summed E-state index contributed by atoms with van der Waals surface area (Å²) < 4.78 is 2.30. The highest BCUT2D eigenvalue weighted by Crippen LogP contribution is 2.62. The second-order valence-corrected chi connectivity index (χ2v) is 12.0. The van der Waals surface area contributed by atoms with Gasteiger partial charge in [0, 0.05) is 17.2 Å². The molecule has 3 aliphatic carbocycles. The number of thioether (sulfide) groups is 1. The maximum atomic E-state index is 13.3. The Morgan fingerprint density at radius 3 is 2.81 bits per heavy atom.